The monoisotopic (exact) mass is 309 g/mol. The van der Waals surface area contributed by atoms with Crippen LogP contribution < -0.4 is 4.72 Å². The van der Waals surface area contributed by atoms with E-state index in [1.807, 2.05) is 4.57 Å². The first-order chi connectivity index (χ1) is 9.95. The lowest BCUT2D eigenvalue weighted by molar-refractivity contribution is 0.439. The van der Waals surface area contributed by atoms with Gasteiger partial charge in [-0.15, -0.1) is 0 Å². The van der Waals surface area contributed by atoms with Crippen LogP contribution in [0.1, 0.15) is 17.7 Å². The summed E-state index contributed by atoms with van der Waals surface area (Å²) in [6, 6.07) is 3.66. The van der Waals surface area contributed by atoms with Gasteiger partial charge in [0.05, 0.1) is 11.2 Å². The van der Waals surface area contributed by atoms with E-state index in [1.165, 1.54) is 18.2 Å². The van der Waals surface area contributed by atoms with Gasteiger partial charge in [-0.3, -0.25) is 0 Å². The number of sulfonamides is 1. The maximum Gasteiger partial charge on any atom is 0.240 e. The van der Waals surface area contributed by atoms with Crippen molar-refractivity contribution in [1.82, 2.24) is 14.3 Å². The molecule has 0 spiro atoms. The summed E-state index contributed by atoms with van der Waals surface area (Å²) in [6.45, 7) is 2.29. The second kappa shape index (κ2) is 5.23. The molecule has 1 aromatic heterocycles. The van der Waals surface area contributed by atoms with Crippen molar-refractivity contribution in [2.24, 2.45) is 0 Å². The first-order valence-electron chi connectivity index (χ1n) is 6.73. The molecule has 2 heterocycles. The van der Waals surface area contributed by atoms with Crippen LogP contribution in [0.2, 0.25) is 0 Å². The third kappa shape index (κ3) is 2.84. The fraction of sp³-hybridized carbons (Fsp3) is 0.357. The Kier molecular flexibility index (Phi) is 3.54. The molecule has 21 heavy (non-hydrogen) atoms. The lowest BCUT2D eigenvalue weighted by atomic mass is 10.1. The number of aryl methyl sites for hydroxylation is 2. The molecule has 0 fully saturated rings. The van der Waals surface area contributed by atoms with Gasteiger partial charge in [0.25, 0.3) is 0 Å². The third-order valence-corrected chi connectivity index (χ3v) is 5.25. The normalized spacial score (nSPS) is 18.5. The van der Waals surface area contributed by atoms with Crippen molar-refractivity contribution < 1.29 is 12.8 Å². The minimum Gasteiger partial charge on any atom is -0.334 e. The van der Waals surface area contributed by atoms with Gasteiger partial charge in [0.15, 0.2) is 0 Å². The number of fused-ring (bicyclic) bond motifs is 1. The lowest BCUT2D eigenvalue weighted by Crippen LogP contribution is -2.39. The zero-order valence-electron chi connectivity index (χ0n) is 11.6. The van der Waals surface area contributed by atoms with Crippen molar-refractivity contribution in [2.75, 3.05) is 0 Å². The Morgan fingerprint density at radius 2 is 2.24 bits per heavy atom. The maximum absolute atomic E-state index is 13.3. The van der Waals surface area contributed by atoms with Crippen LogP contribution in [0.15, 0.2) is 35.6 Å². The van der Waals surface area contributed by atoms with Crippen LogP contribution in [0.4, 0.5) is 4.39 Å². The van der Waals surface area contributed by atoms with Crippen molar-refractivity contribution in [3.63, 3.8) is 0 Å². The molecule has 0 saturated carbocycles. The predicted molar refractivity (Wildman–Crippen MR) is 75.8 cm³/mol. The van der Waals surface area contributed by atoms with Gasteiger partial charge in [0.2, 0.25) is 10.0 Å². The smallest absolute Gasteiger partial charge is 0.240 e. The zero-order valence-corrected chi connectivity index (χ0v) is 12.4. The minimum atomic E-state index is -3.63. The Hall–Kier alpha value is -1.73. The second-order valence-corrected chi connectivity index (χ2v) is 7.01. The van der Waals surface area contributed by atoms with Crippen molar-refractivity contribution in [2.45, 2.75) is 37.2 Å². The molecule has 3 rings (SSSR count). The number of halogens is 1. The van der Waals surface area contributed by atoms with Gasteiger partial charge in [-0.25, -0.2) is 22.5 Å². The van der Waals surface area contributed by atoms with Gasteiger partial charge < -0.3 is 4.57 Å². The SMILES string of the molecule is Cc1cc(S(=O)(=O)N[C@H]2CCn3cncc3C2)ccc1F. The zero-order chi connectivity index (χ0) is 15.0. The van der Waals surface area contributed by atoms with E-state index < -0.39 is 15.8 Å². The molecule has 0 aliphatic carbocycles. The molecular formula is C14H16FN3O2S. The molecule has 1 aliphatic heterocycles. The van der Waals surface area contributed by atoms with E-state index in [0.717, 1.165) is 12.2 Å². The molecule has 1 aromatic carbocycles. The van der Waals surface area contributed by atoms with Gasteiger partial charge in [0.1, 0.15) is 5.82 Å². The first kappa shape index (κ1) is 14.2. The molecule has 0 bridgehead atoms. The standard InChI is InChI=1S/C14H16FN3O2S/c1-10-6-13(2-3-14(10)15)21(19,20)17-11-4-5-18-9-16-8-12(18)7-11/h2-3,6,8-9,11,17H,4-5,7H2,1H3/t11-/m0/s1. The molecule has 0 unspecified atom stereocenters. The molecule has 0 amide bonds. The Morgan fingerprint density at radius 3 is 3.00 bits per heavy atom. The highest BCUT2D eigenvalue weighted by Gasteiger charge is 2.24. The molecule has 0 radical (unpaired) electrons. The highest BCUT2D eigenvalue weighted by atomic mass is 32.2. The van der Waals surface area contributed by atoms with E-state index in [2.05, 4.69) is 9.71 Å². The van der Waals surface area contributed by atoms with Gasteiger partial charge in [0, 0.05) is 30.9 Å². The molecule has 1 aliphatic rings. The van der Waals surface area contributed by atoms with Crippen LogP contribution in [-0.4, -0.2) is 24.0 Å². The summed E-state index contributed by atoms with van der Waals surface area (Å²) in [5, 5.41) is 0. The third-order valence-electron chi connectivity index (χ3n) is 3.73. The quantitative estimate of drug-likeness (QED) is 0.937. The summed E-state index contributed by atoms with van der Waals surface area (Å²) < 4.78 is 42.7. The van der Waals surface area contributed by atoms with Gasteiger partial charge >= 0.3 is 0 Å². The number of rotatable bonds is 3. The molecule has 112 valence electrons. The summed E-state index contributed by atoms with van der Waals surface area (Å²) in [4.78, 5) is 4.16. The molecule has 7 heteroatoms. The Labute approximate surface area is 122 Å². The van der Waals surface area contributed by atoms with Crippen LogP contribution >= 0.6 is 0 Å². The largest absolute Gasteiger partial charge is 0.334 e. The van der Waals surface area contributed by atoms with Crippen LogP contribution in [0.25, 0.3) is 0 Å². The Morgan fingerprint density at radius 1 is 1.43 bits per heavy atom. The number of nitrogens with one attached hydrogen (secondary N) is 1. The summed E-state index contributed by atoms with van der Waals surface area (Å²) in [7, 11) is -3.63. The van der Waals surface area contributed by atoms with Crippen molar-refractivity contribution in [1.29, 1.82) is 0 Å². The summed E-state index contributed by atoms with van der Waals surface area (Å²) in [6.07, 6.45) is 4.83. The number of hydrogen-bond acceptors (Lipinski definition) is 3. The number of nitrogens with zero attached hydrogens (tertiary/aromatic N) is 2. The van der Waals surface area contributed by atoms with Crippen LogP contribution in [0, 0.1) is 12.7 Å². The van der Waals surface area contributed by atoms with E-state index in [4.69, 9.17) is 0 Å². The Balaban J connectivity index is 1.79. The van der Waals surface area contributed by atoms with E-state index in [0.29, 0.717) is 18.4 Å². The first-order valence-corrected chi connectivity index (χ1v) is 8.21. The molecule has 1 N–H and O–H groups in total. The Bertz CT molecular complexity index is 770. The van der Waals surface area contributed by atoms with Crippen molar-refractivity contribution >= 4 is 10.0 Å². The summed E-state index contributed by atoms with van der Waals surface area (Å²) in [5.41, 5.74) is 1.34. The van der Waals surface area contributed by atoms with Crippen LogP contribution in [0.5, 0.6) is 0 Å². The molecule has 5 nitrogen and oxygen atoms in total. The highest BCUT2D eigenvalue weighted by molar-refractivity contribution is 7.89. The fourth-order valence-corrected chi connectivity index (χ4v) is 3.90. The van der Waals surface area contributed by atoms with Gasteiger partial charge in [-0.2, -0.15) is 0 Å². The maximum atomic E-state index is 13.3. The molecular weight excluding hydrogens is 293 g/mol. The average molecular weight is 309 g/mol. The number of hydrogen-bond donors (Lipinski definition) is 1. The fourth-order valence-electron chi connectivity index (χ4n) is 2.54. The van der Waals surface area contributed by atoms with Crippen LogP contribution in [-0.2, 0) is 23.0 Å². The van der Waals surface area contributed by atoms with E-state index >= 15 is 0 Å². The van der Waals surface area contributed by atoms with Crippen molar-refractivity contribution in [3.8, 4) is 0 Å². The average Bonchev–Trinajstić information content (AvgIpc) is 2.88. The molecule has 1 atom stereocenters. The van der Waals surface area contributed by atoms with E-state index in [-0.39, 0.29) is 10.9 Å². The van der Waals surface area contributed by atoms with E-state index in [1.54, 1.807) is 19.4 Å². The highest BCUT2D eigenvalue weighted by Crippen LogP contribution is 2.18. The lowest BCUT2D eigenvalue weighted by Gasteiger charge is -2.24. The second-order valence-electron chi connectivity index (χ2n) is 5.30. The van der Waals surface area contributed by atoms with Crippen molar-refractivity contribution in [3.05, 3.63) is 47.8 Å². The van der Waals surface area contributed by atoms with Gasteiger partial charge in [-0.05, 0) is 37.1 Å². The number of aromatic nitrogens is 2. The summed E-state index contributed by atoms with van der Waals surface area (Å²) in [5.74, 6) is -0.407. The summed E-state index contributed by atoms with van der Waals surface area (Å²) >= 11 is 0. The minimum absolute atomic E-state index is 0.0977. The number of imidazole rings is 1. The molecule has 2 aromatic rings. The van der Waals surface area contributed by atoms with E-state index in [9.17, 15) is 12.8 Å². The number of benzene rings is 1. The van der Waals surface area contributed by atoms with Crippen LogP contribution in [0.3, 0.4) is 0 Å². The van der Waals surface area contributed by atoms with Gasteiger partial charge in [-0.1, -0.05) is 0 Å². The molecule has 0 saturated heterocycles. The predicted octanol–water partition coefficient (Wildman–Crippen LogP) is 1.62. The topological polar surface area (TPSA) is 64.0 Å².